The number of hydrogen-bond acceptors (Lipinski definition) is 2. The van der Waals surface area contributed by atoms with E-state index in [1.54, 1.807) is 0 Å². The SMILES string of the molecule is CC[C@@H](N)c1ccc(N2CCCC(C)(C)CC2)cc1. The van der Waals surface area contributed by atoms with Crippen molar-refractivity contribution in [2.75, 3.05) is 18.0 Å². The van der Waals surface area contributed by atoms with E-state index >= 15 is 0 Å². The fraction of sp³-hybridized carbons (Fsp3) is 0.647. The lowest BCUT2D eigenvalue weighted by atomic mass is 9.85. The molecule has 1 heterocycles. The molecule has 1 aromatic rings. The van der Waals surface area contributed by atoms with Gasteiger partial charge in [0, 0.05) is 24.8 Å². The maximum absolute atomic E-state index is 6.07. The van der Waals surface area contributed by atoms with Gasteiger partial charge in [-0.3, -0.25) is 0 Å². The van der Waals surface area contributed by atoms with Crippen molar-refractivity contribution in [2.45, 2.75) is 52.5 Å². The highest BCUT2D eigenvalue weighted by atomic mass is 15.1. The molecule has 0 saturated carbocycles. The molecule has 2 nitrogen and oxygen atoms in total. The Morgan fingerprint density at radius 3 is 2.47 bits per heavy atom. The van der Waals surface area contributed by atoms with E-state index in [4.69, 9.17) is 5.73 Å². The van der Waals surface area contributed by atoms with Gasteiger partial charge in [-0.25, -0.2) is 0 Å². The molecule has 1 aliphatic heterocycles. The largest absolute Gasteiger partial charge is 0.372 e. The van der Waals surface area contributed by atoms with Gasteiger partial charge in [0.2, 0.25) is 0 Å². The second-order valence-corrected chi connectivity index (χ2v) is 6.61. The molecule has 0 unspecified atom stereocenters. The molecule has 19 heavy (non-hydrogen) atoms. The second kappa shape index (κ2) is 5.96. The Bertz CT molecular complexity index is 394. The van der Waals surface area contributed by atoms with Crippen molar-refractivity contribution in [3.63, 3.8) is 0 Å². The summed E-state index contributed by atoms with van der Waals surface area (Å²) in [5, 5.41) is 0. The van der Waals surface area contributed by atoms with Crippen LogP contribution >= 0.6 is 0 Å². The Balaban J connectivity index is 2.05. The Morgan fingerprint density at radius 1 is 1.16 bits per heavy atom. The van der Waals surface area contributed by atoms with Crippen molar-refractivity contribution in [3.05, 3.63) is 29.8 Å². The van der Waals surface area contributed by atoms with Crippen LogP contribution in [0.3, 0.4) is 0 Å². The average Bonchev–Trinajstić information content (AvgIpc) is 2.59. The van der Waals surface area contributed by atoms with E-state index < -0.39 is 0 Å². The molecule has 1 atom stereocenters. The topological polar surface area (TPSA) is 29.3 Å². The average molecular weight is 260 g/mol. The first-order valence-corrected chi connectivity index (χ1v) is 7.62. The summed E-state index contributed by atoms with van der Waals surface area (Å²) in [6, 6.07) is 9.04. The highest BCUT2D eigenvalue weighted by Crippen LogP contribution is 2.31. The van der Waals surface area contributed by atoms with E-state index in [0.29, 0.717) is 5.41 Å². The van der Waals surface area contributed by atoms with Crippen LogP contribution < -0.4 is 10.6 Å². The van der Waals surface area contributed by atoms with Gasteiger partial charge in [0.25, 0.3) is 0 Å². The molecule has 0 aromatic heterocycles. The third-order valence-corrected chi connectivity index (χ3v) is 4.47. The molecular formula is C17H28N2. The first kappa shape index (κ1) is 14.4. The maximum atomic E-state index is 6.07. The summed E-state index contributed by atoms with van der Waals surface area (Å²) < 4.78 is 0. The lowest BCUT2D eigenvalue weighted by molar-refractivity contribution is 0.325. The fourth-order valence-corrected chi connectivity index (χ4v) is 2.85. The molecule has 2 rings (SSSR count). The van der Waals surface area contributed by atoms with Crippen molar-refractivity contribution in [1.82, 2.24) is 0 Å². The summed E-state index contributed by atoms with van der Waals surface area (Å²) in [6.07, 6.45) is 4.91. The predicted molar refractivity (Wildman–Crippen MR) is 83.5 cm³/mol. The molecule has 1 saturated heterocycles. The van der Waals surface area contributed by atoms with Crippen LogP contribution in [0.2, 0.25) is 0 Å². The fourth-order valence-electron chi connectivity index (χ4n) is 2.85. The minimum absolute atomic E-state index is 0.178. The predicted octanol–water partition coefficient (Wildman–Crippen LogP) is 4.11. The van der Waals surface area contributed by atoms with Crippen molar-refractivity contribution in [1.29, 1.82) is 0 Å². The smallest absolute Gasteiger partial charge is 0.0366 e. The van der Waals surface area contributed by atoms with Crippen LogP contribution in [-0.2, 0) is 0 Å². The molecule has 1 aromatic carbocycles. The number of nitrogens with zero attached hydrogens (tertiary/aromatic N) is 1. The maximum Gasteiger partial charge on any atom is 0.0366 e. The van der Waals surface area contributed by atoms with Crippen LogP contribution in [-0.4, -0.2) is 13.1 Å². The van der Waals surface area contributed by atoms with Gasteiger partial charge in [-0.15, -0.1) is 0 Å². The van der Waals surface area contributed by atoms with E-state index in [1.807, 2.05) is 0 Å². The molecule has 0 amide bonds. The van der Waals surface area contributed by atoms with Gasteiger partial charge in [-0.2, -0.15) is 0 Å². The van der Waals surface area contributed by atoms with E-state index in [-0.39, 0.29) is 6.04 Å². The Hall–Kier alpha value is -1.02. The summed E-state index contributed by atoms with van der Waals surface area (Å²) in [6.45, 7) is 9.27. The van der Waals surface area contributed by atoms with Crippen LogP contribution in [0.15, 0.2) is 24.3 Å². The van der Waals surface area contributed by atoms with Crippen LogP contribution in [0.1, 0.15) is 58.1 Å². The van der Waals surface area contributed by atoms with Crippen molar-refractivity contribution in [2.24, 2.45) is 11.1 Å². The normalized spacial score (nSPS) is 20.9. The van der Waals surface area contributed by atoms with E-state index in [0.717, 1.165) is 6.42 Å². The molecule has 1 aliphatic rings. The zero-order chi connectivity index (χ0) is 13.9. The summed E-state index contributed by atoms with van der Waals surface area (Å²) >= 11 is 0. The molecule has 1 fully saturated rings. The summed E-state index contributed by atoms with van der Waals surface area (Å²) in [7, 11) is 0. The van der Waals surface area contributed by atoms with Crippen LogP contribution in [0, 0.1) is 5.41 Å². The first-order chi connectivity index (χ1) is 9.02. The standard InChI is InChI=1S/C17H28N2/c1-4-16(18)14-6-8-15(9-7-14)19-12-5-10-17(2,3)11-13-19/h6-9,16H,4-5,10-13,18H2,1-3H3/t16-/m1/s1. The van der Waals surface area contributed by atoms with Gasteiger partial charge in [-0.1, -0.05) is 32.9 Å². The molecular weight excluding hydrogens is 232 g/mol. The van der Waals surface area contributed by atoms with Gasteiger partial charge in [0.15, 0.2) is 0 Å². The van der Waals surface area contributed by atoms with Crippen molar-refractivity contribution >= 4 is 5.69 Å². The highest BCUT2D eigenvalue weighted by molar-refractivity contribution is 5.48. The molecule has 2 heteroatoms. The third kappa shape index (κ3) is 3.73. The van der Waals surface area contributed by atoms with Crippen LogP contribution in [0.5, 0.6) is 0 Å². The van der Waals surface area contributed by atoms with Crippen molar-refractivity contribution < 1.29 is 0 Å². The molecule has 0 spiro atoms. The van der Waals surface area contributed by atoms with E-state index in [1.165, 1.54) is 43.6 Å². The highest BCUT2D eigenvalue weighted by Gasteiger charge is 2.23. The Labute approximate surface area is 118 Å². The second-order valence-electron chi connectivity index (χ2n) is 6.61. The number of hydrogen-bond donors (Lipinski definition) is 1. The molecule has 2 N–H and O–H groups in total. The molecule has 0 bridgehead atoms. The molecule has 106 valence electrons. The zero-order valence-corrected chi connectivity index (χ0v) is 12.7. The zero-order valence-electron chi connectivity index (χ0n) is 12.7. The molecule has 0 aliphatic carbocycles. The third-order valence-electron chi connectivity index (χ3n) is 4.47. The Kier molecular flexibility index (Phi) is 4.51. The molecule has 0 radical (unpaired) electrons. The van der Waals surface area contributed by atoms with Crippen LogP contribution in [0.25, 0.3) is 0 Å². The number of nitrogens with two attached hydrogens (primary N) is 1. The number of benzene rings is 1. The summed E-state index contributed by atoms with van der Waals surface area (Å²) in [5.74, 6) is 0. The van der Waals surface area contributed by atoms with E-state index in [9.17, 15) is 0 Å². The van der Waals surface area contributed by atoms with E-state index in [2.05, 4.69) is 49.9 Å². The van der Waals surface area contributed by atoms with Crippen molar-refractivity contribution in [3.8, 4) is 0 Å². The quantitative estimate of drug-likeness (QED) is 0.886. The van der Waals surface area contributed by atoms with Gasteiger partial charge in [0.05, 0.1) is 0 Å². The van der Waals surface area contributed by atoms with Gasteiger partial charge < -0.3 is 10.6 Å². The van der Waals surface area contributed by atoms with Gasteiger partial charge in [-0.05, 0) is 48.8 Å². The Morgan fingerprint density at radius 2 is 1.84 bits per heavy atom. The summed E-state index contributed by atoms with van der Waals surface area (Å²) in [4.78, 5) is 2.52. The number of anilines is 1. The van der Waals surface area contributed by atoms with Crippen LogP contribution in [0.4, 0.5) is 5.69 Å². The first-order valence-electron chi connectivity index (χ1n) is 7.62. The number of rotatable bonds is 3. The lowest BCUT2D eigenvalue weighted by Crippen LogP contribution is -2.25. The minimum atomic E-state index is 0.178. The lowest BCUT2D eigenvalue weighted by Gasteiger charge is -2.25. The van der Waals surface area contributed by atoms with Gasteiger partial charge in [0.1, 0.15) is 0 Å². The van der Waals surface area contributed by atoms with Gasteiger partial charge >= 0.3 is 0 Å². The summed E-state index contributed by atoms with van der Waals surface area (Å²) in [5.41, 5.74) is 9.17. The minimum Gasteiger partial charge on any atom is -0.372 e. The monoisotopic (exact) mass is 260 g/mol.